The van der Waals surface area contributed by atoms with Gasteiger partial charge in [0.05, 0.1) is 11.7 Å². The van der Waals surface area contributed by atoms with Crippen molar-refractivity contribution < 1.29 is 19.1 Å². The molecule has 0 saturated carbocycles. The van der Waals surface area contributed by atoms with Crippen LogP contribution in [0.5, 0.6) is 0 Å². The summed E-state index contributed by atoms with van der Waals surface area (Å²) in [5, 5.41) is 12.2. The van der Waals surface area contributed by atoms with E-state index in [1.54, 1.807) is 13.1 Å². The average Bonchev–Trinajstić information content (AvgIpc) is 2.56. The minimum absolute atomic E-state index is 0.115. The first-order valence-electron chi connectivity index (χ1n) is 7.86. The molecule has 1 fully saturated rings. The zero-order chi connectivity index (χ0) is 17.4. The van der Waals surface area contributed by atoms with Crippen molar-refractivity contribution in [3.63, 3.8) is 0 Å². The highest BCUT2D eigenvalue weighted by Gasteiger charge is 2.32. The number of hydrogen-bond acceptors (Lipinski definition) is 5. The largest absolute Gasteiger partial charge is 0.478 e. The van der Waals surface area contributed by atoms with Crippen LogP contribution in [-0.4, -0.2) is 62.0 Å². The Balaban J connectivity index is 2.03. The summed E-state index contributed by atoms with van der Waals surface area (Å²) < 4.78 is 14.6. The second-order valence-electron chi connectivity index (χ2n) is 6.16. The molecule has 1 unspecified atom stereocenters. The van der Waals surface area contributed by atoms with E-state index in [0.717, 1.165) is 13.1 Å². The van der Waals surface area contributed by atoms with Crippen LogP contribution in [0.25, 0.3) is 0 Å². The third-order valence-corrected chi connectivity index (χ3v) is 4.66. The molecule has 1 aromatic rings. The van der Waals surface area contributed by atoms with Gasteiger partial charge in [-0.25, -0.2) is 9.18 Å². The van der Waals surface area contributed by atoms with Crippen LogP contribution in [0.2, 0.25) is 0 Å². The number of carbonyl (C=O) groups is 2. The third kappa shape index (κ3) is 2.81. The molecular weight excluding hydrogens is 313 g/mol. The molecule has 1 aromatic carbocycles. The predicted molar refractivity (Wildman–Crippen MR) is 88.0 cm³/mol. The monoisotopic (exact) mass is 333 g/mol. The Morgan fingerprint density at radius 1 is 1.29 bits per heavy atom. The number of carboxylic acid groups (broad SMARTS) is 1. The van der Waals surface area contributed by atoms with E-state index >= 15 is 0 Å². The Kier molecular flexibility index (Phi) is 4.38. The fraction of sp³-hybridized carbons (Fsp3) is 0.412. The number of benzene rings is 1. The first-order chi connectivity index (χ1) is 11.4. The van der Waals surface area contributed by atoms with Crippen molar-refractivity contribution in [1.82, 2.24) is 10.2 Å². The number of piperazine rings is 1. The third-order valence-electron chi connectivity index (χ3n) is 4.66. The summed E-state index contributed by atoms with van der Waals surface area (Å²) in [4.78, 5) is 27.7. The van der Waals surface area contributed by atoms with Crippen LogP contribution in [0.1, 0.15) is 22.0 Å². The minimum atomic E-state index is -1.30. The van der Waals surface area contributed by atoms with Crippen molar-refractivity contribution in [2.45, 2.75) is 6.04 Å². The van der Waals surface area contributed by atoms with Crippen molar-refractivity contribution >= 4 is 17.4 Å². The Labute approximate surface area is 139 Å². The highest BCUT2D eigenvalue weighted by atomic mass is 19.1. The topological polar surface area (TPSA) is 72.9 Å². The van der Waals surface area contributed by atoms with Crippen molar-refractivity contribution in [3.8, 4) is 0 Å². The van der Waals surface area contributed by atoms with Crippen LogP contribution in [0.15, 0.2) is 23.8 Å². The zero-order valence-electron chi connectivity index (χ0n) is 13.7. The zero-order valence-corrected chi connectivity index (χ0v) is 13.7. The molecule has 1 aliphatic heterocycles. The molecule has 0 amide bonds. The molecule has 6 nitrogen and oxygen atoms in total. The molecule has 0 radical (unpaired) electrons. The maximum atomic E-state index is 14.6. The summed E-state index contributed by atoms with van der Waals surface area (Å²) in [6.07, 6.45) is 1.39. The summed E-state index contributed by atoms with van der Waals surface area (Å²) in [6, 6.07) is 2.41. The molecule has 1 aliphatic carbocycles. The Morgan fingerprint density at radius 2 is 1.96 bits per heavy atom. The van der Waals surface area contributed by atoms with Gasteiger partial charge in [0.15, 0.2) is 0 Å². The van der Waals surface area contributed by atoms with Crippen molar-refractivity contribution in [3.05, 3.63) is 40.7 Å². The summed E-state index contributed by atoms with van der Waals surface area (Å²) in [7, 11) is 3.70. The van der Waals surface area contributed by atoms with E-state index in [-0.39, 0.29) is 11.1 Å². The molecule has 2 N–H and O–H groups in total. The Morgan fingerprint density at radius 3 is 2.54 bits per heavy atom. The fourth-order valence-electron chi connectivity index (χ4n) is 3.21. The van der Waals surface area contributed by atoms with Gasteiger partial charge >= 0.3 is 5.97 Å². The maximum absolute atomic E-state index is 14.6. The predicted octanol–water partition coefficient (Wildman–Crippen LogP) is 1.05. The number of Topliss-reactive ketones (excluding diaryl/α,β-unsaturated/α-hetero) is 1. The van der Waals surface area contributed by atoms with Crippen LogP contribution >= 0.6 is 0 Å². The molecule has 1 saturated heterocycles. The van der Waals surface area contributed by atoms with Gasteiger partial charge in [-0.15, -0.1) is 0 Å². The number of aliphatic carboxylic acids is 1. The van der Waals surface area contributed by atoms with E-state index in [2.05, 4.69) is 10.2 Å². The molecule has 2 aliphatic rings. The number of hydrogen-bond donors (Lipinski definition) is 2. The molecule has 128 valence electrons. The molecule has 0 bridgehead atoms. The van der Waals surface area contributed by atoms with Crippen LogP contribution in [-0.2, 0) is 4.79 Å². The van der Waals surface area contributed by atoms with E-state index in [0.29, 0.717) is 24.3 Å². The molecule has 1 atom stereocenters. The number of ketones is 1. The number of nitrogens with zero attached hydrogens (tertiary/aromatic N) is 2. The molecular formula is C17H20FN3O3. The molecule has 0 spiro atoms. The number of halogens is 1. The summed E-state index contributed by atoms with van der Waals surface area (Å²) >= 11 is 0. The number of rotatable bonds is 3. The lowest BCUT2D eigenvalue weighted by Gasteiger charge is -2.35. The minimum Gasteiger partial charge on any atom is -0.478 e. The van der Waals surface area contributed by atoms with Crippen LogP contribution in [0.3, 0.4) is 0 Å². The van der Waals surface area contributed by atoms with Gasteiger partial charge in [-0.2, -0.15) is 0 Å². The lowest BCUT2D eigenvalue weighted by atomic mass is 9.86. The van der Waals surface area contributed by atoms with E-state index in [4.69, 9.17) is 0 Å². The highest BCUT2D eigenvalue weighted by molar-refractivity contribution is 6.25. The summed E-state index contributed by atoms with van der Waals surface area (Å²) in [5.74, 6) is -2.43. The van der Waals surface area contributed by atoms with Crippen molar-refractivity contribution in [1.29, 1.82) is 0 Å². The lowest BCUT2D eigenvalue weighted by Crippen LogP contribution is -2.45. The van der Waals surface area contributed by atoms with Crippen LogP contribution < -0.4 is 10.2 Å². The molecule has 7 heteroatoms. The van der Waals surface area contributed by atoms with Gasteiger partial charge in [-0.3, -0.25) is 4.79 Å². The number of fused-ring (bicyclic) bond motifs is 1. The van der Waals surface area contributed by atoms with Gasteiger partial charge in [0.25, 0.3) is 0 Å². The first-order valence-corrected chi connectivity index (χ1v) is 7.86. The van der Waals surface area contributed by atoms with Gasteiger partial charge in [0.2, 0.25) is 5.78 Å². The standard InChI is InChI=1S/C17H20FN3O3/c1-19-14-8-12(17(23)24)16(22)11-7-13(18)15(9-10(11)14)21-5-3-20(2)4-6-21/h7-9,14,19H,3-6H2,1-2H3,(H,23,24). The molecule has 24 heavy (non-hydrogen) atoms. The van der Waals surface area contributed by atoms with E-state index in [1.165, 1.54) is 12.1 Å². The molecule has 0 aromatic heterocycles. The van der Waals surface area contributed by atoms with Crippen molar-refractivity contribution in [2.24, 2.45) is 0 Å². The summed E-state index contributed by atoms with van der Waals surface area (Å²) in [6.45, 7) is 3.10. The van der Waals surface area contributed by atoms with Gasteiger partial charge in [0, 0.05) is 31.7 Å². The van der Waals surface area contributed by atoms with E-state index in [1.807, 2.05) is 11.9 Å². The van der Waals surface area contributed by atoms with E-state index < -0.39 is 23.6 Å². The van der Waals surface area contributed by atoms with Gasteiger partial charge < -0.3 is 20.2 Å². The second-order valence-corrected chi connectivity index (χ2v) is 6.16. The summed E-state index contributed by atoms with van der Waals surface area (Å²) in [5.41, 5.74) is 0.864. The maximum Gasteiger partial charge on any atom is 0.339 e. The van der Waals surface area contributed by atoms with Gasteiger partial charge in [0.1, 0.15) is 11.4 Å². The Bertz CT molecular complexity index is 724. The normalized spacial score (nSPS) is 21.5. The number of likely N-dealkylation sites (N-methyl/N-ethyl adjacent to an activating group) is 2. The second kappa shape index (κ2) is 6.33. The van der Waals surface area contributed by atoms with E-state index in [9.17, 15) is 19.1 Å². The fourth-order valence-corrected chi connectivity index (χ4v) is 3.21. The van der Waals surface area contributed by atoms with Gasteiger partial charge in [-0.05, 0) is 37.9 Å². The first kappa shape index (κ1) is 16.6. The number of carboxylic acids is 1. The molecule has 3 rings (SSSR count). The number of anilines is 1. The highest BCUT2D eigenvalue weighted by Crippen LogP contribution is 2.34. The SMILES string of the molecule is CNC1C=C(C(=O)O)C(=O)c2cc(F)c(N3CCN(C)CC3)cc21. The quantitative estimate of drug-likeness (QED) is 0.806. The smallest absolute Gasteiger partial charge is 0.339 e. The molecule has 1 heterocycles. The Hall–Kier alpha value is -2.25. The van der Waals surface area contributed by atoms with Gasteiger partial charge in [-0.1, -0.05) is 0 Å². The lowest BCUT2D eigenvalue weighted by molar-refractivity contribution is -0.132. The van der Waals surface area contributed by atoms with Crippen LogP contribution in [0.4, 0.5) is 10.1 Å². The number of nitrogens with one attached hydrogen (secondary N) is 1. The van der Waals surface area contributed by atoms with Crippen molar-refractivity contribution in [2.75, 3.05) is 45.2 Å². The number of carbonyl (C=O) groups excluding carboxylic acids is 1. The average molecular weight is 333 g/mol. The van der Waals surface area contributed by atoms with Crippen LogP contribution in [0, 0.1) is 5.82 Å².